The SMILES string of the molecule is C/C=C(\C=C(\C)C=O)c1nc2cc(CN[C@@H](CO)C(=O)O)ccc2n1CC1CCOCC1. The Morgan fingerprint density at radius 2 is 2.12 bits per heavy atom. The third-order valence-corrected chi connectivity index (χ3v) is 5.77. The minimum Gasteiger partial charge on any atom is -0.480 e. The number of aliphatic hydroxyl groups is 1. The maximum absolute atomic E-state index is 11.2. The molecule has 8 nitrogen and oxygen atoms in total. The van der Waals surface area contributed by atoms with E-state index >= 15 is 0 Å². The lowest BCUT2D eigenvalue weighted by atomic mass is 10.00. The van der Waals surface area contributed by atoms with Crippen LogP contribution in [0.3, 0.4) is 0 Å². The van der Waals surface area contributed by atoms with Crippen LogP contribution in [-0.2, 0) is 27.4 Å². The van der Waals surface area contributed by atoms with E-state index in [2.05, 4.69) is 9.88 Å². The lowest BCUT2D eigenvalue weighted by molar-refractivity contribution is -0.140. The number of carbonyl (C=O) groups is 2. The number of fused-ring (bicyclic) bond motifs is 1. The lowest BCUT2D eigenvalue weighted by Crippen LogP contribution is -2.39. The molecule has 0 spiro atoms. The molecule has 32 heavy (non-hydrogen) atoms. The zero-order valence-electron chi connectivity index (χ0n) is 18.6. The maximum atomic E-state index is 11.2. The van der Waals surface area contributed by atoms with Crippen molar-refractivity contribution in [3.05, 3.63) is 47.3 Å². The van der Waals surface area contributed by atoms with Gasteiger partial charge in [0.05, 0.1) is 17.6 Å². The van der Waals surface area contributed by atoms with E-state index in [0.29, 0.717) is 18.0 Å². The van der Waals surface area contributed by atoms with Crippen molar-refractivity contribution in [3.8, 4) is 0 Å². The summed E-state index contributed by atoms with van der Waals surface area (Å²) in [5.74, 6) is 0.196. The number of carbonyl (C=O) groups excluding carboxylic acids is 1. The van der Waals surface area contributed by atoms with Gasteiger partial charge >= 0.3 is 5.97 Å². The molecule has 0 aliphatic carbocycles. The van der Waals surface area contributed by atoms with Crippen molar-refractivity contribution < 1.29 is 24.5 Å². The number of allylic oxidation sites excluding steroid dienone is 4. The fourth-order valence-corrected chi connectivity index (χ4v) is 3.90. The molecule has 0 saturated carbocycles. The minimum atomic E-state index is -1.09. The molecule has 1 aliphatic heterocycles. The van der Waals surface area contributed by atoms with Crippen LogP contribution in [-0.4, -0.2) is 57.9 Å². The zero-order valence-corrected chi connectivity index (χ0v) is 18.6. The Kier molecular flexibility index (Phi) is 8.33. The summed E-state index contributed by atoms with van der Waals surface area (Å²) < 4.78 is 7.72. The minimum absolute atomic E-state index is 0.302. The Hall–Kier alpha value is -2.81. The summed E-state index contributed by atoms with van der Waals surface area (Å²) in [6.07, 6.45) is 6.62. The van der Waals surface area contributed by atoms with Gasteiger partial charge in [0, 0.05) is 31.9 Å². The van der Waals surface area contributed by atoms with Crippen LogP contribution in [0.2, 0.25) is 0 Å². The van der Waals surface area contributed by atoms with Gasteiger partial charge in [-0.05, 0) is 62.0 Å². The molecule has 8 heteroatoms. The van der Waals surface area contributed by atoms with Crippen LogP contribution in [0.4, 0.5) is 0 Å². The van der Waals surface area contributed by atoms with Gasteiger partial charge in [-0.15, -0.1) is 0 Å². The molecule has 1 aromatic carbocycles. The number of aldehydes is 1. The van der Waals surface area contributed by atoms with Crippen LogP contribution in [0.5, 0.6) is 0 Å². The quantitative estimate of drug-likeness (QED) is 0.295. The van der Waals surface area contributed by atoms with Gasteiger partial charge in [-0.3, -0.25) is 14.9 Å². The number of aliphatic carboxylic acids is 1. The second kappa shape index (κ2) is 11.2. The normalized spacial score (nSPS) is 17.0. The monoisotopic (exact) mass is 441 g/mol. The predicted molar refractivity (Wildman–Crippen MR) is 122 cm³/mol. The number of carboxylic acids is 1. The molecule has 0 unspecified atom stereocenters. The highest BCUT2D eigenvalue weighted by Crippen LogP contribution is 2.27. The summed E-state index contributed by atoms with van der Waals surface area (Å²) in [7, 11) is 0. The summed E-state index contributed by atoms with van der Waals surface area (Å²) in [5, 5.41) is 21.2. The van der Waals surface area contributed by atoms with Crippen molar-refractivity contribution in [1.29, 1.82) is 0 Å². The Morgan fingerprint density at radius 1 is 1.38 bits per heavy atom. The number of imidazole rings is 1. The van der Waals surface area contributed by atoms with Gasteiger partial charge in [-0.25, -0.2) is 4.98 Å². The zero-order chi connectivity index (χ0) is 23.1. The van der Waals surface area contributed by atoms with Gasteiger partial charge in [0.1, 0.15) is 18.2 Å². The third kappa shape index (κ3) is 5.70. The van der Waals surface area contributed by atoms with Gasteiger partial charge in [-0.1, -0.05) is 12.1 Å². The molecular weight excluding hydrogens is 410 g/mol. The Balaban J connectivity index is 1.98. The first-order chi connectivity index (χ1) is 15.5. The summed E-state index contributed by atoms with van der Waals surface area (Å²) >= 11 is 0. The van der Waals surface area contributed by atoms with E-state index in [1.807, 2.05) is 37.3 Å². The second-order valence-corrected chi connectivity index (χ2v) is 8.13. The fraction of sp³-hybridized carbons (Fsp3) is 0.458. The molecule has 1 aromatic heterocycles. The van der Waals surface area contributed by atoms with Crippen LogP contribution < -0.4 is 5.32 Å². The Morgan fingerprint density at radius 3 is 2.75 bits per heavy atom. The number of hydrogen-bond acceptors (Lipinski definition) is 6. The topological polar surface area (TPSA) is 114 Å². The van der Waals surface area contributed by atoms with Crippen molar-refractivity contribution in [1.82, 2.24) is 14.9 Å². The van der Waals surface area contributed by atoms with Crippen LogP contribution >= 0.6 is 0 Å². The van der Waals surface area contributed by atoms with Crippen LogP contribution in [0, 0.1) is 5.92 Å². The van der Waals surface area contributed by atoms with E-state index < -0.39 is 18.6 Å². The molecule has 1 fully saturated rings. The Labute approximate surface area is 187 Å². The molecule has 2 heterocycles. The highest BCUT2D eigenvalue weighted by atomic mass is 16.5. The predicted octanol–water partition coefficient (Wildman–Crippen LogP) is 2.55. The summed E-state index contributed by atoms with van der Waals surface area (Å²) in [5.41, 5.74) is 4.17. The molecule has 0 radical (unpaired) electrons. The van der Waals surface area contributed by atoms with E-state index in [9.17, 15) is 14.7 Å². The smallest absolute Gasteiger partial charge is 0.323 e. The first-order valence-electron chi connectivity index (χ1n) is 10.9. The van der Waals surface area contributed by atoms with Crippen LogP contribution in [0.25, 0.3) is 16.6 Å². The first-order valence-corrected chi connectivity index (χ1v) is 10.9. The van der Waals surface area contributed by atoms with Crippen LogP contribution in [0.15, 0.2) is 35.9 Å². The lowest BCUT2D eigenvalue weighted by Gasteiger charge is -2.23. The average molecular weight is 442 g/mol. The van der Waals surface area contributed by atoms with Crippen LogP contribution in [0.1, 0.15) is 38.1 Å². The molecule has 1 atom stereocenters. The van der Waals surface area contributed by atoms with Crippen molar-refractivity contribution in [2.45, 2.75) is 45.8 Å². The van der Waals surface area contributed by atoms with E-state index in [4.69, 9.17) is 14.8 Å². The van der Waals surface area contributed by atoms with E-state index in [1.54, 1.807) is 6.92 Å². The maximum Gasteiger partial charge on any atom is 0.323 e. The van der Waals surface area contributed by atoms with E-state index in [1.165, 1.54) is 0 Å². The number of ether oxygens (including phenoxy) is 1. The molecule has 2 aromatic rings. The number of aromatic nitrogens is 2. The highest BCUT2D eigenvalue weighted by Gasteiger charge is 2.20. The van der Waals surface area contributed by atoms with Gasteiger partial charge in [0.2, 0.25) is 0 Å². The summed E-state index contributed by atoms with van der Waals surface area (Å²) in [6.45, 7) is 5.86. The number of benzene rings is 1. The Bertz CT molecular complexity index is 1020. The van der Waals surface area contributed by atoms with Crippen molar-refractivity contribution in [3.63, 3.8) is 0 Å². The van der Waals surface area contributed by atoms with Gasteiger partial charge in [-0.2, -0.15) is 0 Å². The largest absolute Gasteiger partial charge is 0.480 e. The number of rotatable bonds is 10. The summed E-state index contributed by atoms with van der Waals surface area (Å²) in [6, 6.07) is 4.87. The molecular formula is C24H31N3O5. The van der Waals surface area contributed by atoms with Crippen molar-refractivity contribution in [2.24, 2.45) is 5.92 Å². The molecule has 1 aliphatic rings. The second-order valence-electron chi connectivity index (χ2n) is 8.13. The molecule has 3 rings (SSSR count). The molecule has 1 saturated heterocycles. The fourth-order valence-electron chi connectivity index (χ4n) is 3.90. The molecule has 172 valence electrons. The molecule has 0 bridgehead atoms. The highest BCUT2D eigenvalue weighted by molar-refractivity contribution is 5.85. The summed E-state index contributed by atoms with van der Waals surface area (Å²) in [4.78, 5) is 27.2. The standard InChI is InChI=1S/C24H31N3O5/c1-3-19(10-16(2)14-28)23-26-20-11-18(12-25-21(15-29)24(30)31)4-5-22(20)27(23)13-17-6-8-32-9-7-17/h3-5,10-11,14,17,21,25,29H,6-9,12-13,15H2,1-2H3,(H,30,31)/b16-10-,19-3+/t21-/m0/s1. The van der Waals surface area contributed by atoms with E-state index in [-0.39, 0.29) is 0 Å². The van der Waals surface area contributed by atoms with Gasteiger partial charge in [0.25, 0.3) is 0 Å². The third-order valence-electron chi connectivity index (χ3n) is 5.77. The number of nitrogens with zero attached hydrogens (tertiary/aromatic N) is 2. The number of nitrogens with one attached hydrogen (secondary N) is 1. The van der Waals surface area contributed by atoms with Gasteiger partial charge in [0.15, 0.2) is 0 Å². The number of carboxylic acid groups (broad SMARTS) is 1. The number of aliphatic hydroxyl groups excluding tert-OH is 1. The van der Waals surface area contributed by atoms with Crippen molar-refractivity contribution >= 4 is 28.9 Å². The molecule has 3 N–H and O–H groups in total. The van der Waals surface area contributed by atoms with Crippen molar-refractivity contribution in [2.75, 3.05) is 19.8 Å². The van der Waals surface area contributed by atoms with Gasteiger partial charge < -0.3 is 19.5 Å². The van der Waals surface area contributed by atoms with E-state index in [0.717, 1.165) is 66.9 Å². The first kappa shape index (κ1) is 23.8. The number of hydrogen-bond donors (Lipinski definition) is 3. The molecule has 0 amide bonds. The average Bonchev–Trinajstić information content (AvgIpc) is 3.15.